The Morgan fingerprint density at radius 2 is 2.43 bits per heavy atom. The van der Waals surface area contributed by atoms with E-state index in [0.29, 0.717) is 0 Å². The van der Waals surface area contributed by atoms with Crippen molar-refractivity contribution >= 4 is 0 Å². The fourth-order valence-electron chi connectivity index (χ4n) is 1.36. The maximum atomic E-state index is 4.09. The van der Waals surface area contributed by atoms with Crippen molar-refractivity contribution < 1.29 is 0 Å². The van der Waals surface area contributed by atoms with Crippen LogP contribution in [0.1, 0.15) is 18.9 Å². The Morgan fingerprint density at radius 1 is 1.57 bits per heavy atom. The molecule has 0 aromatic carbocycles. The van der Waals surface area contributed by atoms with Crippen molar-refractivity contribution in [1.82, 2.24) is 10.3 Å². The molecule has 1 N–H and O–H groups in total. The molecule has 0 amide bonds. The van der Waals surface area contributed by atoms with E-state index in [1.165, 1.54) is 11.1 Å². The van der Waals surface area contributed by atoms with Crippen LogP contribution in [0.4, 0.5) is 0 Å². The summed E-state index contributed by atoms with van der Waals surface area (Å²) in [4.78, 5) is 4.09. The van der Waals surface area contributed by atoms with E-state index in [0.717, 1.165) is 19.4 Å². The first-order chi connectivity index (χ1) is 6.83. The van der Waals surface area contributed by atoms with Crippen LogP contribution in [0.5, 0.6) is 0 Å². The van der Waals surface area contributed by atoms with Crippen LogP contribution >= 0.6 is 0 Å². The van der Waals surface area contributed by atoms with Crippen LogP contribution in [-0.4, -0.2) is 18.6 Å². The molecule has 0 atom stereocenters. The standard InChI is InChI=1S/C12H18N2/c1-11(5-3-7-13-2)9-12-6-4-8-14-10-12/h4-6,8,10,13H,3,7,9H2,1-2H3/b11-5-. The zero-order valence-corrected chi connectivity index (χ0v) is 8.96. The van der Waals surface area contributed by atoms with Crippen molar-refractivity contribution in [3.63, 3.8) is 0 Å². The summed E-state index contributed by atoms with van der Waals surface area (Å²) in [6.07, 6.45) is 8.13. The Bertz CT molecular complexity index is 278. The van der Waals surface area contributed by atoms with Gasteiger partial charge in [0.2, 0.25) is 0 Å². The number of pyridine rings is 1. The summed E-state index contributed by atoms with van der Waals surface area (Å²) < 4.78 is 0. The number of allylic oxidation sites excluding steroid dienone is 1. The molecule has 2 nitrogen and oxygen atoms in total. The number of hydrogen-bond donors (Lipinski definition) is 1. The van der Waals surface area contributed by atoms with Crippen molar-refractivity contribution in [2.45, 2.75) is 19.8 Å². The summed E-state index contributed by atoms with van der Waals surface area (Å²) in [5.74, 6) is 0. The third kappa shape index (κ3) is 4.19. The molecule has 0 fully saturated rings. The van der Waals surface area contributed by atoms with Gasteiger partial charge < -0.3 is 5.32 Å². The molecule has 2 heteroatoms. The normalized spacial score (nSPS) is 11.7. The van der Waals surface area contributed by atoms with Gasteiger partial charge in [0.1, 0.15) is 0 Å². The van der Waals surface area contributed by atoms with Crippen molar-refractivity contribution in [1.29, 1.82) is 0 Å². The van der Waals surface area contributed by atoms with Gasteiger partial charge in [-0.15, -0.1) is 0 Å². The highest BCUT2D eigenvalue weighted by atomic mass is 14.8. The van der Waals surface area contributed by atoms with E-state index >= 15 is 0 Å². The van der Waals surface area contributed by atoms with Crippen molar-refractivity contribution in [2.24, 2.45) is 0 Å². The van der Waals surface area contributed by atoms with E-state index in [4.69, 9.17) is 0 Å². The molecule has 1 aromatic heterocycles. The van der Waals surface area contributed by atoms with E-state index in [9.17, 15) is 0 Å². The molecule has 0 saturated carbocycles. The number of rotatable bonds is 5. The van der Waals surface area contributed by atoms with E-state index in [-0.39, 0.29) is 0 Å². The van der Waals surface area contributed by atoms with Crippen LogP contribution in [0.25, 0.3) is 0 Å². The van der Waals surface area contributed by atoms with Gasteiger partial charge >= 0.3 is 0 Å². The van der Waals surface area contributed by atoms with Gasteiger partial charge in [0.05, 0.1) is 0 Å². The highest BCUT2D eigenvalue weighted by Crippen LogP contribution is 2.06. The number of nitrogens with zero attached hydrogens (tertiary/aromatic N) is 1. The average molecular weight is 190 g/mol. The predicted molar refractivity (Wildman–Crippen MR) is 60.2 cm³/mol. The van der Waals surface area contributed by atoms with Crippen LogP contribution in [0.2, 0.25) is 0 Å². The maximum Gasteiger partial charge on any atom is 0.0303 e. The molecule has 76 valence electrons. The third-order valence-corrected chi connectivity index (χ3v) is 2.09. The lowest BCUT2D eigenvalue weighted by Crippen LogP contribution is -2.06. The molecule has 0 radical (unpaired) electrons. The Kier molecular flexibility index (Phi) is 4.94. The highest BCUT2D eigenvalue weighted by Gasteiger charge is 1.93. The van der Waals surface area contributed by atoms with Gasteiger partial charge in [-0.2, -0.15) is 0 Å². The SMILES string of the molecule is CNCC/C=C(/C)Cc1cccnc1. The van der Waals surface area contributed by atoms with E-state index in [1.807, 2.05) is 25.5 Å². The molecule has 0 unspecified atom stereocenters. The Hall–Kier alpha value is -1.15. The van der Waals surface area contributed by atoms with Gasteiger partial charge in [0, 0.05) is 12.4 Å². The largest absolute Gasteiger partial charge is 0.319 e. The van der Waals surface area contributed by atoms with Gasteiger partial charge in [-0.3, -0.25) is 4.98 Å². The molecule has 0 saturated heterocycles. The molecule has 1 aromatic rings. The maximum absolute atomic E-state index is 4.09. The number of aromatic nitrogens is 1. The van der Waals surface area contributed by atoms with Crippen molar-refractivity contribution in [3.8, 4) is 0 Å². The lowest BCUT2D eigenvalue weighted by Gasteiger charge is -2.01. The highest BCUT2D eigenvalue weighted by molar-refractivity contribution is 5.17. The van der Waals surface area contributed by atoms with Gasteiger partial charge in [-0.25, -0.2) is 0 Å². The first-order valence-corrected chi connectivity index (χ1v) is 5.02. The first-order valence-electron chi connectivity index (χ1n) is 5.02. The minimum atomic E-state index is 1.01. The summed E-state index contributed by atoms with van der Waals surface area (Å²) >= 11 is 0. The van der Waals surface area contributed by atoms with E-state index in [1.54, 1.807) is 0 Å². The minimum Gasteiger partial charge on any atom is -0.319 e. The molecular weight excluding hydrogens is 172 g/mol. The smallest absolute Gasteiger partial charge is 0.0303 e. The molecule has 0 bridgehead atoms. The summed E-state index contributed by atoms with van der Waals surface area (Å²) in [5.41, 5.74) is 2.69. The predicted octanol–water partition coefficient (Wildman–Crippen LogP) is 2.18. The van der Waals surface area contributed by atoms with E-state index in [2.05, 4.69) is 29.4 Å². The van der Waals surface area contributed by atoms with Crippen LogP contribution in [-0.2, 0) is 6.42 Å². The van der Waals surface area contributed by atoms with Gasteiger partial charge in [-0.1, -0.05) is 17.7 Å². The molecule has 1 heterocycles. The van der Waals surface area contributed by atoms with E-state index < -0.39 is 0 Å². The second-order valence-corrected chi connectivity index (χ2v) is 3.48. The quantitative estimate of drug-likeness (QED) is 0.568. The van der Waals surface area contributed by atoms with Crippen LogP contribution in [0.3, 0.4) is 0 Å². The van der Waals surface area contributed by atoms with Gasteiger partial charge in [0.25, 0.3) is 0 Å². The fraction of sp³-hybridized carbons (Fsp3) is 0.417. The summed E-state index contributed by atoms with van der Waals surface area (Å²) in [6, 6.07) is 4.10. The topological polar surface area (TPSA) is 24.9 Å². The lowest BCUT2D eigenvalue weighted by molar-refractivity contribution is 0.802. The van der Waals surface area contributed by atoms with Crippen molar-refractivity contribution in [2.75, 3.05) is 13.6 Å². The van der Waals surface area contributed by atoms with Gasteiger partial charge in [-0.05, 0) is 45.0 Å². The summed E-state index contributed by atoms with van der Waals surface area (Å²) in [5, 5.41) is 3.13. The second-order valence-electron chi connectivity index (χ2n) is 3.48. The number of hydrogen-bond acceptors (Lipinski definition) is 2. The second kappa shape index (κ2) is 6.33. The first kappa shape index (κ1) is 10.9. The summed E-state index contributed by atoms with van der Waals surface area (Å²) in [7, 11) is 1.98. The molecule has 0 aliphatic heterocycles. The Balaban J connectivity index is 2.40. The van der Waals surface area contributed by atoms with Crippen molar-refractivity contribution in [3.05, 3.63) is 41.7 Å². The molecule has 0 spiro atoms. The summed E-state index contributed by atoms with van der Waals surface area (Å²) in [6.45, 7) is 3.22. The zero-order chi connectivity index (χ0) is 10.2. The van der Waals surface area contributed by atoms with Crippen LogP contribution < -0.4 is 5.32 Å². The zero-order valence-electron chi connectivity index (χ0n) is 8.96. The monoisotopic (exact) mass is 190 g/mol. The molecule has 1 rings (SSSR count). The number of nitrogens with one attached hydrogen (secondary N) is 1. The lowest BCUT2D eigenvalue weighted by atomic mass is 10.1. The Labute approximate surface area is 86.1 Å². The molecule has 0 aliphatic carbocycles. The molecule has 14 heavy (non-hydrogen) atoms. The molecule has 0 aliphatic rings. The fourth-order valence-corrected chi connectivity index (χ4v) is 1.36. The van der Waals surface area contributed by atoms with Gasteiger partial charge in [0.15, 0.2) is 0 Å². The average Bonchev–Trinajstić information content (AvgIpc) is 2.20. The molecular formula is C12H18N2. The third-order valence-electron chi connectivity index (χ3n) is 2.09. The Morgan fingerprint density at radius 3 is 3.07 bits per heavy atom. The van der Waals surface area contributed by atoms with Crippen LogP contribution in [0, 0.1) is 0 Å². The minimum absolute atomic E-state index is 1.01. The van der Waals surface area contributed by atoms with Crippen LogP contribution in [0.15, 0.2) is 36.2 Å².